The van der Waals surface area contributed by atoms with Gasteiger partial charge in [0.1, 0.15) is 0 Å². The first-order chi connectivity index (χ1) is 6.62. The van der Waals surface area contributed by atoms with Crippen molar-refractivity contribution in [3.8, 4) is 6.07 Å². The van der Waals surface area contributed by atoms with Gasteiger partial charge in [0.05, 0.1) is 11.5 Å². The number of rotatable bonds is 3. The molecular weight excluding hydrogens is 242 g/mol. The predicted molar refractivity (Wildman–Crippen MR) is 58.8 cm³/mol. The first-order valence-corrected chi connectivity index (χ1v) is 5.20. The number of halogens is 1. The molecule has 0 aliphatic rings. The van der Waals surface area contributed by atoms with Gasteiger partial charge in [0.2, 0.25) is 0 Å². The van der Waals surface area contributed by atoms with Crippen LogP contribution in [0.4, 0.5) is 0 Å². The largest absolute Gasteiger partial charge is 0.396 e. The number of aliphatic hydroxyl groups excluding tert-OH is 1. The van der Waals surface area contributed by atoms with Gasteiger partial charge in [0.25, 0.3) is 0 Å². The van der Waals surface area contributed by atoms with E-state index in [0.717, 1.165) is 10.0 Å². The van der Waals surface area contributed by atoms with E-state index in [-0.39, 0.29) is 6.61 Å². The van der Waals surface area contributed by atoms with Gasteiger partial charge in [-0.3, -0.25) is 0 Å². The van der Waals surface area contributed by atoms with Crippen LogP contribution in [-0.4, -0.2) is 11.7 Å². The van der Waals surface area contributed by atoms with Crippen LogP contribution in [0.2, 0.25) is 0 Å². The number of nitrogens with zero attached hydrogens (tertiary/aromatic N) is 1. The van der Waals surface area contributed by atoms with E-state index in [1.807, 2.05) is 31.2 Å². The van der Waals surface area contributed by atoms with Crippen LogP contribution in [0.15, 0.2) is 28.7 Å². The monoisotopic (exact) mass is 253 g/mol. The first kappa shape index (κ1) is 11.2. The van der Waals surface area contributed by atoms with E-state index in [1.54, 1.807) is 0 Å². The number of benzene rings is 1. The maximum atomic E-state index is 9.07. The molecule has 1 aromatic carbocycles. The molecule has 0 saturated heterocycles. The zero-order valence-electron chi connectivity index (χ0n) is 8.00. The molecule has 1 atom stereocenters. The summed E-state index contributed by atoms with van der Waals surface area (Å²) in [7, 11) is 0. The lowest BCUT2D eigenvalue weighted by Gasteiger charge is -2.20. The molecule has 0 heterocycles. The summed E-state index contributed by atoms with van der Waals surface area (Å²) in [6.45, 7) is 1.87. The Hall–Kier alpha value is -0.850. The molecule has 0 aliphatic heterocycles. The lowest BCUT2D eigenvalue weighted by molar-refractivity contribution is 0.264. The average Bonchev–Trinajstić information content (AvgIpc) is 2.19. The Morgan fingerprint density at radius 3 is 2.43 bits per heavy atom. The summed E-state index contributed by atoms with van der Waals surface area (Å²) in [6.07, 6.45) is 0.463. The van der Waals surface area contributed by atoms with Gasteiger partial charge in [0, 0.05) is 11.1 Å². The smallest absolute Gasteiger partial charge is 0.0816 e. The topological polar surface area (TPSA) is 44.0 Å². The highest BCUT2D eigenvalue weighted by Gasteiger charge is 2.25. The van der Waals surface area contributed by atoms with Gasteiger partial charge < -0.3 is 5.11 Å². The summed E-state index contributed by atoms with van der Waals surface area (Å²) in [5.74, 6) is 0. The van der Waals surface area contributed by atoms with Gasteiger partial charge >= 0.3 is 0 Å². The van der Waals surface area contributed by atoms with Crippen molar-refractivity contribution in [2.24, 2.45) is 0 Å². The van der Waals surface area contributed by atoms with E-state index in [0.29, 0.717) is 6.42 Å². The second-order valence-corrected chi connectivity index (χ2v) is 4.34. The average molecular weight is 254 g/mol. The molecule has 0 amide bonds. The molecule has 0 fully saturated rings. The first-order valence-electron chi connectivity index (χ1n) is 4.40. The highest BCUT2D eigenvalue weighted by Crippen LogP contribution is 2.27. The third kappa shape index (κ3) is 2.34. The Kier molecular flexibility index (Phi) is 3.68. The van der Waals surface area contributed by atoms with Crippen molar-refractivity contribution in [2.75, 3.05) is 6.61 Å². The summed E-state index contributed by atoms with van der Waals surface area (Å²) in [5, 5.41) is 18.0. The molecule has 0 radical (unpaired) electrons. The van der Waals surface area contributed by atoms with Crippen LogP contribution in [-0.2, 0) is 5.41 Å². The molecule has 0 unspecified atom stereocenters. The van der Waals surface area contributed by atoms with Crippen molar-refractivity contribution >= 4 is 15.9 Å². The Bertz CT molecular complexity index is 341. The molecule has 2 nitrogen and oxygen atoms in total. The van der Waals surface area contributed by atoms with E-state index in [2.05, 4.69) is 22.0 Å². The molecular formula is C11H12BrNO. The molecule has 1 aromatic rings. The molecule has 74 valence electrons. The number of aliphatic hydroxyl groups is 1. The minimum absolute atomic E-state index is 0.0279. The number of hydrogen-bond acceptors (Lipinski definition) is 2. The van der Waals surface area contributed by atoms with E-state index >= 15 is 0 Å². The number of hydrogen-bond donors (Lipinski definition) is 1. The van der Waals surface area contributed by atoms with Crippen LogP contribution in [0.1, 0.15) is 18.9 Å². The second kappa shape index (κ2) is 4.59. The summed E-state index contributed by atoms with van der Waals surface area (Å²) in [6, 6.07) is 9.86. The molecule has 0 spiro atoms. The molecule has 0 aliphatic carbocycles. The van der Waals surface area contributed by atoms with Gasteiger partial charge in [0.15, 0.2) is 0 Å². The molecule has 0 bridgehead atoms. The van der Waals surface area contributed by atoms with Crippen LogP contribution in [0.5, 0.6) is 0 Å². The standard InChI is InChI=1S/C11H12BrNO/c1-11(8-13,6-7-14)9-2-4-10(12)5-3-9/h2-5,14H,6-7H2,1H3/t11-/m0/s1. The van der Waals surface area contributed by atoms with E-state index in [9.17, 15) is 0 Å². The number of nitriles is 1. The molecule has 1 N–H and O–H groups in total. The van der Waals surface area contributed by atoms with E-state index in [1.165, 1.54) is 0 Å². The van der Waals surface area contributed by atoms with Crippen LogP contribution >= 0.6 is 15.9 Å². The van der Waals surface area contributed by atoms with Crippen LogP contribution in [0, 0.1) is 11.3 Å². The van der Waals surface area contributed by atoms with Crippen molar-refractivity contribution in [3.05, 3.63) is 34.3 Å². The van der Waals surface area contributed by atoms with Gasteiger partial charge in [-0.1, -0.05) is 28.1 Å². The van der Waals surface area contributed by atoms with Gasteiger partial charge in [-0.2, -0.15) is 5.26 Å². The fraction of sp³-hybridized carbons (Fsp3) is 0.364. The quantitative estimate of drug-likeness (QED) is 0.900. The maximum Gasteiger partial charge on any atom is 0.0816 e. The molecule has 3 heteroatoms. The van der Waals surface area contributed by atoms with Crippen molar-refractivity contribution in [1.29, 1.82) is 5.26 Å². The Balaban J connectivity index is 3.01. The zero-order chi connectivity index (χ0) is 10.6. The fourth-order valence-corrected chi connectivity index (χ4v) is 1.57. The summed E-state index contributed by atoms with van der Waals surface area (Å²) in [5.41, 5.74) is 0.354. The summed E-state index contributed by atoms with van der Waals surface area (Å²) < 4.78 is 0.991. The zero-order valence-corrected chi connectivity index (χ0v) is 9.58. The molecule has 14 heavy (non-hydrogen) atoms. The maximum absolute atomic E-state index is 9.07. The second-order valence-electron chi connectivity index (χ2n) is 3.42. The predicted octanol–water partition coefficient (Wildman–Crippen LogP) is 2.61. The Morgan fingerprint density at radius 1 is 1.43 bits per heavy atom. The fourth-order valence-electron chi connectivity index (χ4n) is 1.31. The van der Waals surface area contributed by atoms with Crippen molar-refractivity contribution in [1.82, 2.24) is 0 Å². The highest BCUT2D eigenvalue weighted by molar-refractivity contribution is 9.10. The highest BCUT2D eigenvalue weighted by atomic mass is 79.9. The van der Waals surface area contributed by atoms with Crippen LogP contribution in [0.25, 0.3) is 0 Å². The van der Waals surface area contributed by atoms with Crippen LogP contribution < -0.4 is 0 Å². The van der Waals surface area contributed by atoms with Crippen molar-refractivity contribution in [2.45, 2.75) is 18.8 Å². The summed E-state index contributed by atoms with van der Waals surface area (Å²) in [4.78, 5) is 0. The Labute approximate surface area is 92.3 Å². The minimum Gasteiger partial charge on any atom is -0.396 e. The van der Waals surface area contributed by atoms with E-state index < -0.39 is 5.41 Å². The third-order valence-corrected chi connectivity index (χ3v) is 2.87. The third-order valence-electron chi connectivity index (χ3n) is 2.34. The normalized spacial score (nSPS) is 14.4. The van der Waals surface area contributed by atoms with Crippen LogP contribution in [0.3, 0.4) is 0 Å². The molecule has 0 saturated carbocycles. The molecule has 0 aromatic heterocycles. The lowest BCUT2D eigenvalue weighted by atomic mass is 9.81. The molecule has 1 rings (SSSR count). The SMILES string of the molecule is C[C@@](C#N)(CCO)c1ccc(Br)cc1. The van der Waals surface area contributed by atoms with Crippen molar-refractivity contribution in [3.63, 3.8) is 0 Å². The summed E-state index contributed by atoms with van der Waals surface area (Å²) >= 11 is 3.34. The van der Waals surface area contributed by atoms with Gasteiger partial charge in [-0.05, 0) is 31.0 Å². The van der Waals surface area contributed by atoms with Gasteiger partial charge in [-0.15, -0.1) is 0 Å². The van der Waals surface area contributed by atoms with E-state index in [4.69, 9.17) is 10.4 Å². The van der Waals surface area contributed by atoms with Crippen molar-refractivity contribution < 1.29 is 5.11 Å². The Morgan fingerprint density at radius 2 is 2.00 bits per heavy atom. The lowest BCUT2D eigenvalue weighted by Crippen LogP contribution is -2.20. The van der Waals surface area contributed by atoms with Gasteiger partial charge in [-0.25, -0.2) is 0 Å². The minimum atomic E-state index is -0.588.